The van der Waals surface area contributed by atoms with E-state index in [1.54, 1.807) is 24.2 Å². The number of rotatable bonds is 5. The third-order valence-electron chi connectivity index (χ3n) is 2.64. The second-order valence-electron chi connectivity index (χ2n) is 3.73. The monoisotopic (exact) mass is 268 g/mol. The predicted molar refractivity (Wildman–Crippen MR) is 74.1 cm³/mol. The van der Waals surface area contributed by atoms with Crippen LogP contribution in [0.4, 0.5) is 0 Å². The summed E-state index contributed by atoms with van der Waals surface area (Å²) in [6.07, 6.45) is 3.58. The van der Waals surface area contributed by atoms with Crippen LogP contribution < -0.4 is 0 Å². The molecule has 2 rings (SSSR count). The van der Waals surface area contributed by atoms with Crippen molar-refractivity contribution >= 4 is 29.4 Å². The molecule has 1 atom stereocenters. The average Bonchev–Trinajstić information content (AvgIpc) is 2.73. The summed E-state index contributed by atoms with van der Waals surface area (Å²) in [5.41, 5.74) is 1.18. The number of aromatic nitrogens is 1. The van der Waals surface area contributed by atoms with E-state index in [0.717, 1.165) is 18.1 Å². The molecule has 1 aliphatic rings. The molecule has 1 aromatic rings. The number of nitrogens with zero attached hydrogens (tertiary/aromatic N) is 2. The lowest BCUT2D eigenvalue weighted by Gasteiger charge is -2.23. The summed E-state index contributed by atoms with van der Waals surface area (Å²) in [5.74, 6) is 2.98. The fourth-order valence-corrected chi connectivity index (χ4v) is 3.64. The Morgan fingerprint density at radius 3 is 3.00 bits per heavy atom. The van der Waals surface area contributed by atoms with E-state index in [0.29, 0.717) is 5.75 Å². The second-order valence-corrected chi connectivity index (χ2v) is 6.19. The molecule has 17 heavy (non-hydrogen) atoms. The molecule has 1 unspecified atom stereocenters. The lowest BCUT2D eigenvalue weighted by atomic mass is 10.2. The topological polar surface area (TPSA) is 33.2 Å². The molecule has 0 N–H and O–H groups in total. The van der Waals surface area contributed by atoms with Gasteiger partial charge in [-0.2, -0.15) is 11.8 Å². The molecule has 3 nitrogen and oxygen atoms in total. The third kappa shape index (κ3) is 3.16. The van der Waals surface area contributed by atoms with E-state index < -0.39 is 0 Å². The summed E-state index contributed by atoms with van der Waals surface area (Å²) in [5, 5.41) is 0.183. The molecule has 92 valence electrons. The summed E-state index contributed by atoms with van der Waals surface area (Å²) < 4.78 is 0. The molecule has 0 spiro atoms. The normalized spacial score (nSPS) is 19.9. The Morgan fingerprint density at radius 1 is 1.53 bits per heavy atom. The van der Waals surface area contributed by atoms with Crippen LogP contribution in [0.3, 0.4) is 0 Å². The van der Waals surface area contributed by atoms with Crippen molar-refractivity contribution in [2.45, 2.75) is 12.3 Å². The van der Waals surface area contributed by atoms with Gasteiger partial charge in [0.1, 0.15) is 5.37 Å². The minimum atomic E-state index is 0.183. The van der Waals surface area contributed by atoms with Crippen molar-refractivity contribution in [3.8, 4) is 0 Å². The minimum absolute atomic E-state index is 0.183. The highest BCUT2D eigenvalue weighted by atomic mass is 32.2. The van der Waals surface area contributed by atoms with Gasteiger partial charge in [0.2, 0.25) is 5.91 Å². The molecular weight excluding hydrogens is 252 g/mol. The lowest BCUT2D eigenvalue weighted by Crippen LogP contribution is -2.30. The number of carbonyl (C=O) groups excluding carboxylic acids is 1. The summed E-state index contributed by atoms with van der Waals surface area (Å²) in [6.45, 7) is 2.99. The first-order valence-electron chi connectivity index (χ1n) is 5.71. The standard InChI is InChI=1S/C12H16N2OS2/c1-2-16-8-7-14-11(15)9-17-12(14)10-3-5-13-6-4-10/h3-6,12H,2,7-9H2,1H3. The van der Waals surface area contributed by atoms with Crippen molar-refractivity contribution in [1.82, 2.24) is 9.88 Å². The highest BCUT2D eigenvalue weighted by Gasteiger charge is 2.32. The molecule has 1 amide bonds. The van der Waals surface area contributed by atoms with Gasteiger partial charge in [0.15, 0.2) is 0 Å². The smallest absolute Gasteiger partial charge is 0.233 e. The van der Waals surface area contributed by atoms with Gasteiger partial charge in [0.05, 0.1) is 5.75 Å². The fraction of sp³-hybridized carbons (Fsp3) is 0.500. The average molecular weight is 268 g/mol. The maximum absolute atomic E-state index is 11.8. The fourth-order valence-electron chi connectivity index (χ4n) is 1.81. The molecule has 5 heteroatoms. The van der Waals surface area contributed by atoms with Gasteiger partial charge in [-0.25, -0.2) is 0 Å². The van der Waals surface area contributed by atoms with Crippen LogP contribution in [0.5, 0.6) is 0 Å². The summed E-state index contributed by atoms with van der Waals surface area (Å²) in [6, 6.07) is 3.99. The largest absolute Gasteiger partial charge is 0.325 e. The number of pyridine rings is 1. The van der Waals surface area contributed by atoms with E-state index in [-0.39, 0.29) is 11.3 Å². The van der Waals surface area contributed by atoms with E-state index >= 15 is 0 Å². The first-order chi connectivity index (χ1) is 8.33. The van der Waals surface area contributed by atoms with Crippen molar-refractivity contribution in [1.29, 1.82) is 0 Å². The Labute approximate surface area is 110 Å². The van der Waals surface area contributed by atoms with Gasteiger partial charge < -0.3 is 4.90 Å². The van der Waals surface area contributed by atoms with E-state index in [2.05, 4.69) is 11.9 Å². The van der Waals surface area contributed by atoms with Crippen LogP contribution in [0, 0.1) is 0 Å². The van der Waals surface area contributed by atoms with Crippen LogP contribution in [0.2, 0.25) is 0 Å². The van der Waals surface area contributed by atoms with Crippen LogP contribution in [0.25, 0.3) is 0 Å². The molecular formula is C12H16N2OS2. The van der Waals surface area contributed by atoms with E-state index in [1.807, 2.05) is 28.8 Å². The Bertz CT molecular complexity index is 372. The molecule has 1 aromatic heterocycles. The SMILES string of the molecule is CCSCCN1C(=O)CSC1c1ccncc1. The summed E-state index contributed by atoms with van der Waals surface area (Å²) in [4.78, 5) is 17.8. The molecule has 0 aliphatic carbocycles. The molecule has 0 saturated carbocycles. The maximum Gasteiger partial charge on any atom is 0.233 e. The van der Waals surface area contributed by atoms with Crippen LogP contribution in [0.15, 0.2) is 24.5 Å². The number of carbonyl (C=O) groups is 1. The van der Waals surface area contributed by atoms with E-state index in [1.165, 1.54) is 5.56 Å². The van der Waals surface area contributed by atoms with Crippen molar-refractivity contribution < 1.29 is 4.79 Å². The summed E-state index contributed by atoms with van der Waals surface area (Å²) >= 11 is 3.59. The first kappa shape index (κ1) is 12.8. The molecule has 1 aliphatic heterocycles. The van der Waals surface area contributed by atoms with Crippen LogP contribution >= 0.6 is 23.5 Å². The molecule has 0 aromatic carbocycles. The quantitative estimate of drug-likeness (QED) is 0.768. The van der Waals surface area contributed by atoms with Gasteiger partial charge in [0, 0.05) is 24.7 Å². The van der Waals surface area contributed by atoms with Gasteiger partial charge in [-0.15, -0.1) is 11.8 Å². The Kier molecular flexibility index (Phi) is 4.74. The van der Waals surface area contributed by atoms with Crippen molar-refractivity contribution in [3.05, 3.63) is 30.1 Å². The van der Waals surface area contributed by atoms with Gasteiger partial charge in [0.25, 0.3) is 0 Å². The molecule has 1 fully saturated rings. The van der Waals surface area contributed by atoms with E-state index in [9.17, 15) is 4.79 Å². The zero-order valence-electron chi connectivity index (χ0n) is 9.83. The van der Waals surface area contributed by atoms with Gasteiger partial charge in [-0.3, -0.25) is 9.78 Å². The number of amides is 1. The number of thioether (sulfide) groups is 2. The van der Waals surface area contributed by atoms with Gasteiger partial charge in [-0.05, 0) is 23.4 Å². The molecule has 0 bridgehead atoms. The molecule has 2 heterocycles. The van der Waals surface area contributed by atoms with E-state index in [4.69, 9.17) is 0 Å². The van der Waals surface area contributed by atoms with Crippen molar-refractivity contribution in [2.75, 3.05) is 23.8 Å². The zero-order valence-corrected chi connectivity index (χ0v) is 11.5. The molecule has 1 saturated heterocycles. The summed E-state index contributed by atoms with van der Waals surface area (Å²) in [7, 11) is 0. The number of hydrogen-bond acceptors (Lipinski definition) is 4. The molecule has 0 radical (unpaired) electrons. The second kappa shape index (κ2) is 6.31. The maximum atomic E-state index is 11.8. The third-order valence-corrected chi connectivity index (χ3v) is 4.78. The van der Waals surface area contributed by atoms with Crippen molar-refractivity contribution in [3.63, 3.8) is 0 Å². The first-order valence-corrected chi connectivity index (χ1v) is 7.92. The predicted octanol–water partition coefficient (Wildman–Crippen LogP) is 2.41. The zero-order chi connectivity index (χ0) is 12.1. The lowest BCUT2D eigenvalue weighted by molar-refractivity contribution is -0.127. The van der Waals surface area contributed by atoms with Gasteiger partial charge in [-0.1, -0.05) is 6.92 Å². The van der Waals surface area contributed by atoms with Crippen molar-refractivity contribution in [2.24, 2.45) is 0 Å². The van der Waals surface area contributed by atoms with Crippen LogP contribution in [0.1, 0.15) is 17.9 Å². The Balaban J connectivity index is 2.03. The highest BCUT2D eigenvalue weighted by molar-refractivity contribution is 8.00. The van der Waals surface area contributed by atoms with Crippen LogP contribution in [-0.2, 0) is 4.79 Å². The van der Waals surface area contributed by atoms with Crippen LogP contribution in [-0.4, -0.2) is 39.6 Å². The number of hydrogen-bond donors (Lipinski definition) is 0. The Morgan fingerprint density at radius 2 is 2.29 bits per heavy atom. The van der Waals surface area contributed by atoms with Gasteiger partial charge >= 0.3 is 0 Å². The highest BCUT2D eigenvalue weighted by Crippen LogP contribution is 2.38. The Hall–Kier alpha value is -0.680. The minimum Gasteiger partial charge on any atom is -0.325 e.